The van der Waals surface area contributed by atoms with Crippen molar-refractivity contribution in [3.05, 3.63) is 70.8 Å². The number of benzene rings is 2. The molecule has 2 aromatic rings. The topological polar surface area (TPSA) is 34.1 Å². The highest BCUT2D eigenvalue weighted by Crippen LogP contribution is 2.18. The highest BCUT2D eigenvalue weighted by atomic mass is 16.1. The molecule has 0 spiro atoms. The van der Waals surface area contributed by atoms with Crippen molar-refractivity contribution in [3.8, 4) is 0 Å². The molecule has 2 rings (SSSR count). The molecule has 0 amide bonds. The Morgan fingerprint density at radius 1 is 0.615 bits per heavy atom. The fraction of sp³-hybridized carbons (Fsp3) is 0.417. The lowest BCUT2D eigenvalue weighted by atomic mass is 9.97. The van der Waals surface area contributed by atoms with Gasteiger partial charge in [-0.05, 0) is 35.8 Å². The summed E-state index contributed by atoms with van der Waals surface area (Å²) in [4.78, 5) is 24.5. The normalized spacial score (nSPS) is 11.2. The second kappa shape index (κ2) is 9.47. The second-order valence-corrected chi connectivity index (χ2v) is 7.61. The van der Waals surface area contributed by atoms with E-state index in [1.165, 1.54) is 11.1 Å². The van der Waals surface area contributed by atoms with Crippen molar-refractivity contribution in [1.29, 1.82) is 0 Å². The van der Waals surface area contributed by atoms with E-state index in [1.54, 1.807) is 0 Å². The Kier molecular flexibility index (Phi) is 7.32. The molecule has 0 fully saturated rings. The maximum absolute atomic E-state index is 12.3. The predicted octanol–water partition coefficient (Wildman–Crippen LogP) is 6.56. The van der Waals surface area contributed by atoms with Crippen LogP contribution in [0.4, 0.5) is 0 Å². The van der Waals surface area contributed by atoms with Crippen LogP contribution in [0.25, 0.3) is 0 Å². The number of carbonyl (C=O) groups excluding carboxylic acids is 2. The van der Waals surface area contributed by atoms with Crippen LogP contribution < -0.4 is 0 Å². The van der Waals surface area contributed by atoms with Gasteiger partial charge in [0.05, 0.1) is 0 Å². The lowest BCUT2D eigenvalue weighted by molar-refractivity contribution is 0.0954. The fourth-order valence-electron chi connectivity index (χ4n) is 2.97. The smallest absolute Gasteiger partial charge is 0.162 e. The van der Waals surface area contributed by atoms with Crippen molar-refractivity contribution < 1.29 is 9.59 Å². The summed E-state index contributed by atoms with van der Waals surface area (Å²) in [7, 11) is 0. The monoisotopic (exact) mass is 350 g/mol. The Morgan fingerprint density at radius 3 is 1.19 bits per heavy atom. The molecule has 2 aromatic carbocycles. The van der Waals surface area contributed by atoms with Gasteiger partial charge in [0.15, 0.2) is 11.6 Å². The van der Waals surface area contributed by atoms with Crippen LogP contribution in [0.15, 0.2) is 48.5 Å². The number of Topliss-reactive ketones (excluding diaryl/α,β-unsaturated/α-hetero) is 2. The maximum atomic E-state index is 12.3. The van der Waals surface area contributed by atoms with E-state index in [2.05, 4.69) is 27.7 Å². The van der Waals surface area contributed by atoms with E-state index in [0.717, 1.165) is 24.0 Å². The van der Waals surface area contributed by atoms with Gasteiger partial charge in [0.25, 0.3) is 0 Å². The molecule has 0 aliphatic rings. The van der Waals surface area contributed by atoms with Crippen LogP contribution in [0.5, 0.6) is 0 Å². The van der Waals surface area contributed by atoms with E-state index in [1.807, 2.05) is 48.5 Å². The van der Waals surface area contributed by atoms with Crippen molar-refractivity contribution in [3.63, 3.8) is 0 Å². The molecule has 2 nitrogen and oxygen atoms in total. The molecular weight excluding hydrogens is 320 g/mol. The van der Waals surface area contributed by atoms with Crippen molar-refractivity contribution in [2.45, 2.75) is 65.2 Å². The number of carbonyl (C=O) groups is 2. The van der Waals surface area contributed by atoms with Crippen LogP contribution in [0.3, 0.4) is 0 Å². The van der Waals surface area contributed by atoms with Gasteiger partial charge < -0.3 is 0 Å². The van der Waals surface area contributed by atoms with Gasteiger partial charge in [0, 0.05) is 24.0 Å². The zero-order valence-electron chi connectivity index (χ0n) is 16.4. The van der Waals surface area contributed by atoms with Gasteiger partial charge in [-0.25, -0.2) is 0 Å². The predicted molar refractivity (Wildman–Crippen MR) is 108 cm³/mol. The first-order valence-electron chi connectivity index (χ1n) is 9.64. The quantitative estimate of drug-likeness (QED) is 0.379. The van der Waals surface area contributed by atoms with E-state index in [0.29, 0.717) is 24.7 Å². The molecule has 138 valence electrons. The number of rotatable bonds is 9. The van der Waals surface area contributed by atoms with Gasteiger partial charge in [-0.3, -0.25) is 9.59 Å². The molecule has 0 aromatic heterocycles. The number of ketones is 2. The summed E-state index contributed by atoms with van der Waals surface area (Å²) in [6.45, 7) is 8.57. The summed E-state index contributed by atoms with van der Waals surface area (Å²) in [5.41, 5.74) is 4.03. The summed E-state index contributed by atoms with van der Waals surface area (Å²) < 4.78 is 0. The third-order valence-electron chi connectivity index (χ3n) is 4.86. The van der Waals surface area contributed by atoms with E-state index in [4.69, 9.17) is 0 Å². The Hall–Kier alpha value is -2.22. The number of unbranched alkanes of at least 4 members (excludes halogenated alkanes) is 1. The van der Waals surface area contributed by atoms with Crippen molar-refractivity contribution in [1.82, 2.24) is 0 Å². The third-order valence-corrected chi connectivity index (χ3v) is 4.86. The van der Waals surface area contributed by atoms with Crippen LogP contribution in [-0.4, -0.2) is 11.6 Å². The minimum atomic E-state index is 0.161. The molecule has 0 N–H and O–H groups in total. The van der Waals surface area contributed by atoms with Gasteiger partial charge in [0.2, 0.25) is 0 Å². The summed E-state index contributed by atoms with van der Waals surface area (Å²) in [5, 5.41) is 0. The average molecular weight is 351 g/mol. The van der Waals surface area contributed by atoms with Gasteiger partial charge >= 0.3 is 0 Å². The Bertz CT molecular complexity index is 656. The Balaban J connectivity index is 1.77. The van der Waals surface area contributed by atoms with Crippen molar-refractivity contribution >= 4 is 11.6 Å². The summed E-state index contributed by atoms with van der Waals surface area (Å²) in [6.07, 6.45) is 2.50. The van der Waals surface area contributed by atoms with Gasteiger partial charge in [-0.1, -0.05) is 76.2 Å². The Labute approximate surface area is 157 Å². The molecule has 0 radical (unpaired) electrons. The standard InChI is InChI=1S/C24H30O2/c1-17(2)19-9-13-21(14-10-19)23(25)7-5-6-8-24(26)22-15-11-20(12-16-22)18(3)4/h9-18H,5-8H2,1-4H3. The van der Waals surface area contributed by atoms with Crippen LogP contribution in [0.2, 0.25) is 0 Å². The maximum Gasteiger partial charge on any atom is 0.162 e. The van der Waals surface area contributed by atoms with Crippen LogP contribution in [-0.2, 0) is 0 Å². The second-order valence-electron chi connectivity index (χ2n) is 7.61. The molecule has 0 atom stereocenters. The zero-order valence-corrected chi connectivity index (χ0v) is 16.4. The first-order chi connectivity index (χ1) is 12.4. The lowest BCUT2D eigenvalue weighted by Crippen LogP contribution is -2.02. The fourth-order valence-corrected chi connectivity index (χ4v) is 2.97. The van der Waals surface area contributed by atoms with E-state index in [-0.39, 0.29) is 11.6 Å². The van der Waals surface area contributed by atoms with Crippen LogP contribution in [0.1, 0.15) is 97.1 Å². The van der Waals surface area contributed by atoms with Crippen LogP contribution in [0, 0.1) is 0 Å². The molecule has 26 heavy (non-hydrogen) atoms. The van der Waals surface area contributed by atoms with Crippen molar-refractivity contribution in [2.24, 2.45) is 0 Å². The van der Waals surface area contributed by atoms with Crippen molar-refractivity contribution in [2.75, 3.05) is 0 Å². The highest BCUT2D eigenvalue weighted by Gasteiger charge is 2.09. The van der Waals surface area contributed by atoms with Gasteiger partial charge in [0.1, 0.15) is 0 Å². The molecule has 0 unspecified atom stereocenters. The first kappa shape index (κ1) is 20.1. The molecule has 0 aliphatic carbocycles. The highest BCUT2D eigenvalue weighted by molar-refractivity contribution is 5.97. The molecule has 0 bridgehead atoms. The number of hydrogen-bond donors (Lipinski definition) is 0. The lowest BCUT2D eigenvalue weighted by Gasteiger charge is -2.07. The van der Waals surface area contributed by atoms with E-state index >= 15 is 0 Å². The summed E-state index contributed by atoms with van der Waals surface area (Å²) in [6, 6.07) is 15.8. The average Bonchev–Trinajstić information content (AvgIpc) is 2.65. The minimum Gasteiger partial charge on any atom is -0.294 e. The summed E-state index contributed by atoms with van der Waals surface area (Å²) >= 11 is 0. The molecular formula is C24H30O2. The largest absolute Gasteiger partial charge is 0.294 e. The molecule has 0 saturated heterocycles. The van der Waals surface area contributed by atoms with E-state index in [9.17, 15) is 9.59 Å². The molecule has 2 heteroatoms. The Morgan fingerprint density at radius 2 is 0.923 bits per heavy atom. The molecule has 0 heterocycles. The zero-order chi connectivity index (χ0) is 19.1. The van der Waals surface area contributed by atoms with Crippen LogP contribution >= 0.6 is 0 Å². The third kappa shape index (κ3) is 5.66. The molecule has 0 aliphatic heterocycles. The summed E-state index contributed by atoms with van der Waals surface area (Å²) in [5.74, 6) is 1.27. The van der Waals surface area contributed by atoms with Gasteiger partial charge in [-0.15, -0.1) is 0 Å². The first-order valence-corrected chi connectivity index (χ1v) is 9.64. The van der Waals surface area contributed by atoms with Gasteiger partial charge in [-0.2, -0.15) is 0 Å². The minimum absolute atomic E-state index is 0.161. The van der Waals surface area contributed by atoms with E-state index < -0.39 is 0 Å². The number of hydrogen-bond acceptors (Lipinski definition) is 2. The molecule has 0 saturated carbocycles. The SMILES string of the molecule is CC(C)c1ccc(C(=O)CCCCC(=O)c2ccc(C(C)C)cc2)cc1.